The largest absolute Gasteiger partial charge is 0.480 e. The molecule has 2 aromatic rings. The molecule has 0 aliphatic carbocycles. The van der Waals surface area contributed by atoms with Crippen LogP contribution in [-0.2, 0) is 4.79 Å². The lowest BCUT2D eigenvalue weighted by Gasteiger charge is -2.23. The Morgan fingerprint density at radius 2 is 2.24 bits per heavy atom. The summed E-state index contributed by atoms with van der Waals surface area (Å²) < 4.78 is 0. The molecule has 0 saturated carbocycles. The predicted octanol–water partition coefficient (Wildman–Crippen LogP) is 2.20. The summed E-state index contributed by atoms with van der Waals surface area (Å²) in [5.74, 6) is -0.291. The van der Waals surface area contributed by atoms with Gasteiger partial charge >= 0.3 is 5.97 Å². The second-order valence-corrected chi connectivity index (χ2v) is 4.99. The number of anilines is 1. The third-order valence-corrected chi connectivity index (χ3v) is 3.75. The Hall–Kier alpha value is -2.70. The Morgan fingerprint density at radius 1 is 1.43 bits per heavy atom. The Morgan fingerprint density at radius 3 is 2.95 bits per heavy atom. The van der Waals surface area contributed by atoms with Crippen molar-refractivity contribution in [3.05, 3.63) is 40.6 Å². The highest BCUT2D eigenvalue weighted by Gasteiger charge is 2.32. The second kappa shape index (κ2) is 5.01. The average Bonchev–Trinajstić information content (AvgIpc) is 2.95. The van der Waals surface area contributed by atoms with E-state index in [9.17, 15) is 20.0 Å². The van der Waals surface area contributed by atoms with E-state index in [-0.39, 0.29) is 5.69 Å². The molecule has 0 radical (unpaired) electrons. The van der Waals surface area contributed by atoms with Crippen molar-refractivity contribution in [2.75, 3.05) is 11.4 Å². The van der Waals surface area contributed by atoms with Crippen LogP contribution in [0.4, 0.5) is 11.5 Å². The van der Waals surface area contributed by atoms with Crippen molar-refractivity contribution in [3.63, 3.8) is 0 Å². The van der Waals surface area contributed by atoms with Gasteiger partial charge in [-0.15, -0.1) is 0 Å². The van der Waals surface area contributed by atoms with Crippen LogP contribution in [0.3, 0.4) is 0 Å². The molecule has 1 N–H and O–H groups in total. The molecule has 3 rings (SSSR count). The number of non-ortho nitro benzene ring substituents is 1. The summed E-state index contributed by atoms with van der Waals surface area (Å²) in [4.78, 5) is 27.7. The first kappa shape index (κ1) is 13.3. The Bertz CT molecular complexity index is 731. The van der Waals surface area contributed by atoms with Gasteiger partial charge in [-0.3, -0.25) is 10.1 Å². The zero-order valence-corrected chi connectivity index (χ0v) is 11.1. The highest BCUT2D eigenvalue weighted by atomic mass is 16.6. The summed E-state index contributed by atoms with van der Waals surface area (Å²) in [5.41, 5.74) is 0.0101. The first-order valence-corrected chi connectivity index (χ1v) is 6.60. The van der Waals surface area contributed by atoms with E-state index < -0.39 is 16.9 Å². The van der Waals surface area contributed by atoms with Gasteiger partial charge in [0, 0.05) is 30.3 Å². The number of aliphatic carboxylic acids is 1. The van der Waals surface area contributed by atoms with E-state index >= 15 is 0 Å². The zero-order valence-electron chi connectivity index (χ0n) is 11.1. The zero-order chi connectivity index (χ0) is 15.0. The maximum atomic E-state index is 11.3. The molecule has 0 bridgehead atoms. The van der Waals surface area contributed by atoms with Gasteiger partial charge in [0.15, 0.2) is 0 Å². The van der Waals surface area contributed by atoms with E-state index in [0.29, 0.717) is 24.2 Å². The van der Waals surface area contributed by atoms with Gasteiger partial charge in [0.25, 0.3) is 5.69 Å². The molecule has 0 spiro atoms. The number of carboxylic acid groups (broad SMARTS) is 1. The first-order valence-electron chi connectivity index (χ1n) is 6.60. The normalized spacial score (nSPS) is 18.1. The fraction of sp³-hybridized carbons (Fsp3) is 0.286. The minimum absolute atomic E-state index is 0.0101. The van der Waals surface area contributed by atoms with Crippen LogP contribution >= 0.6 is 0 Å². The van der Waals surface area contributed by atoms with E-state index in [2.05, 4.69) is 4.98 Å². The molecular formula is C14H13N3O4. The first-order chi connectivity index (χ1) is 10.1. The molecular weight excluding hydrogens is 274 g/mol. The van der Waals surface area contributed by atoms with Gasteiger partial charge < -0.3 is 10.0 Å². The van der Waals surface area contributed by atoms with Gasteiger partial charge in [-0.05, 0) is 30.4 Å². The molecule has 0 unspecified atom stereocenters. The van der Waals surface area contributed by atoms with Crippen molar-refractivity contribution in [1.82, 2.24) is 4.98 Å². The summed E-state index contributed by atoms with van der Waals surface area (Å²) in [6.07, 6.45) is 2.93. The van der Waals surface area contributed by atoms with Crippen molar-refractivity contribution in [2.24, 2.45) is 0 Å². The van der Waals surface area contributed by atoms with Crippen LogP contribution in [0.2, 0.25) is 0 Å². The third-order valence-electron chi connectivity index (χ3n) is 3.75. The second-order valence-electron chi connectivity index (χ2n) is 4.99. The van der Waals surface area contributed by atoms with E-state index in [1.54, 1.807) is 23.2 Å². The third kappa shape index (κ3) is 2.26. The molecule has 21 heavy (non-hydrogen) atoms. The smallest absolute Gasteiger partial charge is 0.326 e. The fourth-order valence-corrected chi connectivity index (χ4v) is 2.77. The molecule has 1 aliphatic heterocycles. The molecule has 7 heteroatoms. The summed E-state index contributed by atoms with van der Waals surface area (Å²) >= 11 is 0. The van der Waals surface area contributed by atoms with Gasteiger partial charge in [0.2, 0.25) is 0 Å². The number of nitrogens with zero attached hydrogens (tertiary/aromatic N) is 3. The lowest BCUT2D eigenvalue weighted by molar-refractivity contribution is -0.384. The van der Waals surface area contributed by atoms with Gasteiger partial charge in [0.1, 0.15) is 11.9 Å². The summed E-state index contributed by atoms with van der Waals surface area (Å²) in [7, 11) is 0. The molecule has 108 valence electrons. The lowest BCUT2D eigenvalue weighted by atomic mass is 10.1. The highest BCUT2D eigenvalue weighted by molar-refractivity contribution is 5.95. The average molecular weight is 287 g/mol. The number of carboxylic acids is 1. The van der Waals surface area contributed by atoms with E-state index in [4.69, 9.17) is 0 Å². The Labute approximate surface area is 120 Å². The number of pyridine rings is 1. The maximum absolute atomic E-state index is 11.3. The molecule has 1 aromatic carbocycles. The summed E-state index contributed by atoms with van der Waals surface area (Å²) in [5, 5.41) is 21.5. The van der Waals surface area contributed by atoms with Gasteiger partial charge in [0.05, 0.1) is 4.92 Å². The highest BCUT2D eigenvalue weighted by Crippen LogP contribution is 2.32. The van der Waals surface area contributed by atoms with E-state index in [1.165, 1.54) is 12.1 Å². The number of nitro benzene ring substituents is 1. The van der Waals surface area contributed by atoms with Crippen molar-refractivity contribution in [1.29, 1.82) is 0 Å². The predicted molar refractivity (Wildman–Crippen MR) is 76.4 cm³/mol. The number of benzene rings is 1. The minimum atomic E-state index is -0.867. The molecule has 1 atom stereocenters. The molecule has 1 saturated heterocycles. The number of nitro groups is 1. The van der Waals surface area contributed by atoms with Crippen LogP contribution in [0.5, 0.6) is 0 Å². The SMILES string of the molecule is O=C(O)[C@@H]1CCCN1c1nccc2cc([N+](=O)[O-])ccc12. The number of hydrogen-bond acceptors (Lipinski definition) is 5. The van der Waals surface area contributed by atoms with Gasteiger partial charge in [-0.1, -0.05) is 0 Å². The van der Waals surface area contributed by atoms with Crippen molar-refractivity contribution in [2.45, 2.75) is 18.9 Å². The quantitative estimate of drug-likeness (QED) is 0.686. The molecule has 1 fully saturated rings. The minimum Gasteiger partial charge on any atom is -0.480 e. The maximum Gasteiger partial charge on any atom is 0.326 e. The monoisotopic (exact) mass is 287 g/mol. The molecule has 1 aromatic heterocycles. The molecule has 1 aliphatic rings. The molecule has 7 nitrogen and oxygen atoms in total. The number of rotatable bonds is 3. The molecule has 0 amide bonds. The van der Waals surface area contributed by atoms with E-state index in [1.807, 2.05) is 0 Å². The Kier molecular flexibility index (Phi) is 3.17. The van der Waals surface area contributed by atoms with Crippen LogP contribution < -0.4 is 4.90 Å². The Balaban J connectivity index is 2.11. The van der Waals surface area contributed by atoms with E-state index in [0.717, 1.165) is 11.8 Å². The fourth-order valence-electron chi connectivity index (χ4n) is 2.77. The topological polar surface area (TPSA) is 96.6 Å². The standard InChI is InChI=1S/C14H13N3O4/c18-14(19)12-2-1-7-16(12)13-11-4-3-10(17(20)21)8-9(11)5-6-15-13/h3-6,8,12H,1-2,7H2,(H,18,19)/t12-/m0/s1. The molecule has 2 heterocycles. The number of aromatic nitrogens is 1. The van der Waals surface area contributed by atoms with Gasteiger partial charge in [-0.2, -0.15) is 0 Å². The van der Waals surface area contributed by atoms with Crippen molar-refractivity contribution >= 4 is 28.2 Å². The van der Waals surface area contributed by atoms with Gasteiger partial charge in [-0.25, -0.2) is 9.78 Å². The number of hydrogen-bond donors (Lipinski definition) is 1. The van der Waals surface area contributed by atoms with Crippen LogP contribution in [-0.4, -0.2) is 33.6 Å². The van der Waals surface area contributed by atoms with Crippen LogP contribution in [0.1, 0.15) is 12.8 Å². The van der Waals surface area contributed by atoms with Crippen LogP contribution in [0, 0.1) is 10.1 Å². The summed E-state index contributed by atoms with van der Waals surface area (Å²) in [6, 6.07) is 5.63. The lowest BCUT2D eigenvalue weighted by Crippen LogP contribution is -2.36. The number of carbonyl (C=O) groups is 1. The summed E-state index contributed by atoms with van der Waals surface area (Å²) in [6.45, 7) is 0.625. The van der Waals surface area contributed by atoms with Crippen molar-refractivity contribution < 1.29 is 14.8 Å². The number of fused-ring (bicyclic) bond motifs is 1. The van der Waals surface area contributed by atoms with Crippen LogP contribution in [0.15, 0.2) is 30.5 Å². The van der Waals surface area contributed by atoms with Crippen LogP contribution in [0.25, 0.3) is 10.8 Å². The van der Waals surface area contributed by atoms with Crippen molar-refractivity contribution in [3.8, 4) is 0 Å².